The Bertz CT molecular complexity index is 833. The molecule has 30 heavy (non-hydrogen) atoms. The highest BCUT2D eigenvalue weighted by Crippen LogP contribution is 2.31. The smallest absolute Gasteiger partial charge is 0.417 e. The molecule has 1 fully saturated rings. The highest BCUT2D eigenvalue weighted by atomic mass is 16.6. The van der Waals surface area contributed by atoms with E-state index in [-0.39, 0.29) is 25.6 Å². The van der Waals surface area contributed by atoms with Crippen molar-refractivity contribution in [2.75, 3.05) is 26.4 Å². The molecule has 2 heterocycles. The minimum Gasteiger partial charge on any atom is -0.482 e. The van der Waals surface area contributed by atoms with E-state index in [2.05, 4.69) is 0 Å². The number of hydrogen-bond donors (Lipinski definition) is 1. The summed E-state index contributed by atoms with van der Waals surface area (Å²) in [6, 6.07) is 8.60. The molecule has 3 atom stereocenters. The van der Waals surface area contributed by atoms with Gasteiger partial charge in [-0.3, -0.25) is 9.59 Å². The van der Waals surface area contributed by atoms with Crippen molar-refractivity contribution in [2.24, 2.45) is 5.92 Å². The molecule has 3 rings (SSSR count). The SMILES string of the molecule is CC(C(=O)N1C(=O)OCC1c1ccccc1)C1OC(=CCCOCCO)C=CC1=O. The molecule has 2 aliphatic heterocycles. The number of hydrogen-bond acceptors (Lipinski definition) is 7. The summed E-state index contributed by atoms with van der Waals surface area (Å²) in [6.07, 6.45) is 3.43. The average molecular weight is 415 g/mol. The van der Waals surface area contributed by atoms with E-state index in [0.29, 0.717) is 18.8 Å². The van der Waals surface area contributed by atoms with Gasteiger partial charge in [0.2, 0.25) is 5.91 Å². The number of rotatable bonds is 8. The summed E-state index contributed by atoms with van der Waals surface area (Å²) in [7, 11) is 0. The Morgan fingerprint density at radius 2 is 2.03 bits per heavy atom. The molecule has 3 unspecified atom stereocenters. The van der Waals surface area contributed by atoms with Crippen molar-refractivity contribution in [1.29, 1.82) is 0 Å². The molecular formula is C22H25NO7. The second-order valence-corrected chi connectivity index (χ2v) is 7.01. The van der Waals surface area contributed by atoms with Gasteiger partial charge in [0.25, 0.3) is 0 Å². The van der Waals surface area contributed by atoms with E-state index in [1.165, 1.54) is 6.08 Å². The predicted molar refractivity (Wildman–Crippen MR) is 106 cm³/mol. The maximum Gasteiger partial charge on any atom is 0.417 e. The number of cyclic esters (lactones) is 1. The highest BCUT2D eigenvalue weighted by Gasteiger charge is 2.44. The van der Waals surface area contributed by atoms with Crippen LogP contribution in [-0.2, 0) is 23.8 Å². The van der Waals surface area contributed by atoms with Crippen LogP contribution in [0.25, 0.3) is 0 Å². The van der Waals surface area contributed by atoms with E-state index in [9.17, 15) is 14.4 Å². The molecule has 1 saturated heterocycles. The molecule has 0 bridgehead atoms. The van der Waals surface area contributed by atoms with Gasteiger partial charge in [0.05, 0.1) is 25.7 Å². The number of aliphatic hydroxyl groups excluding tert-OH is 1. The molecular weight excluding hydrogens is 390 g/mol. The lowest BCUT2D eigenvalue weighted by Crippen LogP contribution is -2.45. The van der Waals surface area contributed by atoms with Crippen molar-refractivity contribution in [3.8, 4) is 0 Å². The van der Waals surface area contributed by atoms with Crippen molar-refractivity contribution in [2.45, 2.75) is 25.5 Å². The first-order valence-electron chi connectivity index (χ1n) is 9.85. The van der Waals surface area contributed by atoms with Crippen molar-refractivity contribution in [3.05, 3.63) is 59.9 Å². The Labute approximate surface area is 174 Å². The molecule has 0 aliphatic carbocycles. The van der Waals surface area contributed by atoms with Crippen LogP contribution in [0.5, 0.6) is 0 Å². The van der Waals surface area contributed by atoms with Crippen LogP contribution in [0.3, 0.4) is 0 Å². The standard InChI is InChI=1S/C22H25NO7/c1-15(20-19(25)10-9-17(30-20)8-5-12-28-13-11-24)21(26)23-18(14-29-22(23)27)16-6-3-2-4-7-16/h2-4,6-10,15,18,20,24H,5,11-14H2,1H3. The molecule has 0 saturated carbocycles. The van der Waals surface area contributed by atoms with E-state index in [1.807, 2.05) is 30.3 Å². The fourth-order valence-electron chi connectivity index (χ4n) is 3.35. The third-order valence-corrected chi connectivity index (χ3v) is 4.94. The van der Waals surface area contributed by atoms with Gasteiger partial charge in [-0.15, -0.1) is 0 Å². The predicted octanol–water partition coefficient (Wildman–Crippen LogP) is 2.15. The van der Waals surface area contributed by atoms with Crippen LogP contribution in [-0.4, -0.2) is 60.3 Å². The van der Waals surface area contributed by atoms with E-state index < -0.39 is 30.1 Å². The third kappa shape index (κ3) is 4.95. The zero-order valence-corrected chi connectivity index (χ0v) is 16.7. The fraction of sp³-hybridized carbons (Fsp3) is 0.409. The van der Waals surface area contributed by atoms with E-state index in [1.54, 1.807) is 19.1 Å². The molecule has 0 spiro atoms. The van der Waals surface area contributed by atoms with E-state index in [0.717, 1.165) is 10.5 Å². The number of carbonyl (C=O) groups excluding carboxylic acids is 3. The number of nitrogens with zero attached hydrogens (tertiary/aromatic N) is 1. The maximum atomic E-state index is 13.1. The molecule has 0 aromatic heterocycles. The molecule has 8 heteroatoms. The van der Waals surface area contributed by atoms with Crippen LogP contribution in [0.15, 0.2) is 54.3 Å². The summed E-state index contributed by atoms with van der Waals surface area (Å²) in [5.41, 5.74) is 0.781. The Balaban J connectivity index is 1.69. The van der Waals surface area contributed by atoms with Crippen LogP contribution in [0, 0.1) is 5.92 Å². The molecule has 2 amide bonds. The van der Waals surface area contributed by atoms with Gasteiger partial charge in [-0.2, -0.15) is 0 Å². The quantitative estimate of drug-likeness (QED) is 0.649. The van der Waals surface area contributed by atoms with Gasteiger partial charge in [0.15, 0.2) is 11.9 Å². The van der Waals surface area contributed by atoms with Crippen LogP contribution in [0.4, 0.5) is 4.79 Å². The number of aliphatic hydroxyl groups is 1. The number of carbonyl (C=O) groups is 3. The third-order valence-electron chi connectivity index (χ3n) is 4.94. The van der Waals surface area contributed by atoms with Crippen molar-refractivity contribution in [3.63, 3.8) is 0 Å². The lowest BCUT2D eigenvalue weighted by atomic mass is 9.96. The number of benzene rings is 1. The average Bonchev–Trinajstić information content (AvgIpc) is 3.15. The number of imide groups is 1. The van der Waals surface area contributed by atoms with E-state index >= 15 is 0 Å². The zero-order chi connectivity index (χ0) is 21.5. The molecule has 1 aromatic carbocycles. The Morgan fingerprint density at radius 3 is 2.77 bits per heavy atom. The molecule has 2 aliphatic rings. The highest BCUT2D eigenvalue weighted by molar-refractivity contribution is 6.01. The maximum absolute atomic E-state index is 13.1. The first kappa shape index (κ1) is 21.7. The van der Waals surface area contributed by atoms with Crippen molar-refractivity contribution >= 4 is 17.8 Å². The summed E-state index contributed by atoms with van der Waals surface area (Å²) < 4.78 is 16.0. The topological polar surface area (TPSA) is 102 Å². The van der Waals surface area contributed by atoms with Crippen molar-refractivity contribution < 1.29 is 33.7 Å². The first-order valence-corrected chi connectivity index (χ1v) is 9.85. The summed E-state index contributed by atoms with van der Waals surface area (Å²) in [6.45, 7) is 2.24. The molecule has 1 aromatic rings. The second-order valence-electron chi connectivity index (χ2n) is 7.01. The van der Waals surface area contributed by atoms with Gasteiger partial charge >= 0.3 is 6.09 Å². The minimum absolute atomic E-state index is 0.0495. The summed E-state index contributed by atoms with van der Waals surface area (Å²) in [4.78, 5) is 38.8. The normalized spacial score (nSPS) is 23.4. The number of ketones is 1. The molecule has 8 nitrogen and oxygen atoms in total. The lowest BCUT2D eigenvalue weighted by Gasteiger charge is -2.29. The van der Waals surface area contributed by atoms with Crippen LogP contribution in [0.1, 0.15) is 24.9 Å². The number of amides is 2. The summed E-state index contributed by atoms with van der Waals surface area (Å²) in [5, 5.41) is 8.71. The summed E-state index contributed by atoms with van der Waals surface area (Å²) in [5.74, 6) is -1.29. The zero-order valence-electron chi connectivity index (χ0n) is 16.7. The largest absolute Gasteiger partial charge is 0.482 e. The van der Waals surface area contributed by atoms with Crippen LogP contribution < -0.4 is 0 Å². The first-order chi connectivity index (χ1) is 14.5. The van der Waals surface area contributed by atoms with Gasteiger partial charge in [0, 0.05) is 0 Å². The second kappa shape index (κ2) is 10.2. The fourth-order valence-corrected chi connectivity index (χ4v) is 3.35. The summed E-state index contributed by atoms with van der Waals surface area (Å²) >= 11 is 0. The lowest BCUT2D eigenvalue weighted by molar-refractivity contribution is -0.142. The van der Waals surface area contributed by atoms with Crippen LogP contribution >= 0.6 is 0 Å². The Morgan fingerprint density at radius 1 is 1.27 bits per heavy atom. The minimum atomic E-state index is -1.03. The van der Waals surface area contributed by atoms with Gasteiger partial charge in [-0.25, -0.2) is 9.69 Å². The Kier molecular flexibility index (Phi) is 7.37. The monoisotopic (exact) mass is 415 g/mol. The van der Waals surface area contributed by atoms with Gasteiger partial charge in [0.1, 0.15) is 18.4 Å². The van der Waals surface area contributed by atoms with Crippen LogP contribution in [0.2, 0.25) is 0 Å². The molecule has 1 N–H and O–H groups in total. The molecule has 160 valence electrons. The number of allylic oxidation sites excluding steroid dienone is 1. The van der Waals surface area contributed by atoms with Gasteiger partial charge < -0.3 is 19.3 Å². The van der Waals surface area contributed by atoms with Crippen molar-refractivity contribution in [1.82, 2.24) is 4.90 Å². The van der Waals surface area contributed by atoms with Gasteiger partial charge in [-0.05, 0) is 37.1 Å². The van der Waals surface area contributed by atoms with Gasteiger partial charge in [-0.1, -0.05) is 30.3 Å². The van der Waals surface area contributed by atoms with E-state index in [4.69, 9.17) is 19.3 Å². The molecule has 0 radical (unpaired) electrons. The number of ether oxygens (including phenoxy) is 3. The Hall–Kier alpha value is -2.97.